The number of carbonyl (C=O) groups is 1. The fourth-order valence-electron chi connectivity index (χ4n) is 3.55. The van der Waals surface area contributed by atoms with Crippen LogP contribution in [-0.2, 0) is 6.42 Å². The number of fused-ring (bicyclic) bond motifs is 1. The lowest BCUT2D eigenvalue weighted by molar-refractivity contribution is 0.0340. The Morgan fingerprint density at radius 3 is 2.56 bits per heavy atom. The van der Waals surface area contributed by atoms with Crippen molar-refractivity contribution in [2.75, 3.05) is 0 Å². The molecule has 3 rings (SSSR count). The van der Waals surface area contributed by atoms with Crippen molar-refractivity contribution in [3.05, 3.63) is 35.4 Å². The second-order valence-corrected chi connectivity index (χ2v) is 5.72. The molecule has 0 amide bonds. The van der Waals surface area contributed by atoms with Gasteiger partial charge in [0, 0.05) is 5.56 Å². The standard InChI is InChI=1S/C16H20O2/c17-15(11-6-2-1-3-7-11)14-10-12-8-4-5-9-13(12)16(14)18/h4-5,8-9,11,14-15,17H,1-3,6-7,10H2/t14-,15+/m1/s1. The molecule has 1 saturated carbocycles. The average molecular weight is 244 g/mol. The number of ketones is 1. The fourth-order valence-corrected chi connectivity index (χ4v) is 3.55. The van der Waals surface area contributed by atoms with Crippen molar-refractivity contribution in [2.24, 2.45) is 11.8 Å². The lowest BCUT2D eigenvalue weighted by Crippen LogP contribution is -2.34. The molecule has 2 aliphatic carbocycles. The number of hydrogen-bond acceptors (Lipinski definition) is 2. The second kappa shape index (κ2) is 4.85. The monoisotopic (exact) mass is 244 g/mol. The Morgan fingerprint density at radius 2 is 1.83 bits per heavy atom. The summed E-state index contributed by atoms with van der Waals surface area (Å²) in [4.78, 5) is 12.3. The number of Topliss-reactive ketones (excluding diaryl/α,β-unsaturated/α-hetero) is 1. The van der Waals surface area contributed by atoms with Gasteiger partial charge in [0.2, 0.25) is 0 Å². The van der Waals surface area contributed by atoms with Crippen molar-refractivity contribution in [1.29, 1.82) is 0 Å². The number of aliphatic hydroxyl groups is 1. The van der Waals surface area contributed by atoms with Crippen LogP contribution in [0.5, 0.6) is 0 Å². The molecule has 2 atom stereocenters. The minimum atomic E-state index is -0.440. The third-order valence-corrected chi connectivity index (χ3v) is 4.60. The van der Waals surface area contributed by atoms with E-state index in [9.17, 15) is 9.90 Å². The number of carbonyl (C=O) groups excluding carboxylic acids is 1. The summed E-state index contributed by atoms with van der Waals surface area (Å²) in [5.41, 5.74) is 1.94. The lowest BCUT2D eigenvalue weighted by Gasteiger charge is -2.29. The molecule has 0 unspecified atom stereocenters. The third kappa shape index (κ3) is 1.99. The number of hydrogen-bond donors (Lipinski definition) is 1. The second-order valence-electron chi connectivity index (χ2n) is 5.72. The molecule has 0 bridgehead atoms. The summed E-state index contributed by atoms with van der Waals surface area (Å²) >= 11 is 0. The Hall–Kier alpha value is -1.15. The van der Waals surface area contributed by atoms with Gasteiger partial charge in [-0.05, 0) is 30.7 Å². The van der Waals surface area contributed by atoms with Crippen LogP contribution in [-0.4, -0.2) is 17.0 Å². The van der Waals surface area contributed by atoms with Gasteiger partial charge in [0.1, 0.15) is 0 Å². The van der Waals surface area contributed by atoms with Gasteiger partial charge < -0.3 is 5.11 Å². The van der Waals surface area contributed by atoms with Crippen LogP contribution in [0.2, 0.25) is 0 Å². The van der Waals surface area contributed by atoms with Crippen LogP contribution in [0.25, 0.3) is 0 Å². The van der Waals surface area contributed by atoms with E-state index >= 15 is 0 Å². The van der Waals surface area contributed by atoms with Crippen LogP contribution in [0, 0.1) is 11.8 Å². The molecule has 0 spiro atoms. The predicted molar refractivity (Wildman–Crippen MR) is 70.5 cm³/mol. The van der Waals surface area contributed by atoms with Gasteiger partial charge in [-0.2, -0.15) is 0 Å². The maximum atomic E-state index is 12.3. The molecule has 96 valence electrons. The smallest absolute Gasteiger partial charge is 0.169 e. The number of aliphatic hydroxyl groups excluding tert-OH is 1. The molecule has 0 heterocycles. The van der Waals surface area contributed by atoms with Gasteiger partial charge in [-0.1, -0.05) is 43.5 Å². The Labute approximate surface area is 108 Å². The summed E-state index contributed by atoms with van der Waals surface area (Å²) in [7, 11) is 0. The van der Waals surface area contributed by atoms with E-state index in [4.69, 9.17) is 0 Å². The summed E-state index contributed by atoms with van der Waals surface area (Å²) in [6, 6.07) is 7.79. The van der Waals surface area contributed by atoms with E-state index < -0.39 is 6.10 Å². The molecule has 1 aromatic carbocycles. The minimum absolute atomic E-state index is 0.156. The first-order valence-corrected chi connectivity index (χ1v) is 7.07. The predicted octanol–water partition coefficient (Wildman–Crippen LogP) is 2.98. The van der Waals surface area contributed by atoms with Gasteiger partial charge in [0.15, 0.2) is 5.78 Å². The van der Waals surface area contributed by atoms with Gasteiger partial charge >= 0.3 is 0 Å². The van der Waals surface area contributed by atoms with E-state index in [0.717, 1.165) is 30.4 Å². The first-order chi connectivity index (χ1) is 8.77. The van der Waals surface area contributed by atoms with E-state index in [0.29, 0.717) is 5.92 Å². The summed E-state index contributed by atoms with van der Waals surface area (Å²) in [6.07, 6.45) is 6.15. The molecule has 18 heavy (non-hydrogen) atoms. The van der Waals surface area contributed by atoms with Crippen LogP contribution < -0.4 is 0 Å². The highest BCUT2D eigenvalue weighted by atomic mass is 16.3. The molecule has 0 radical (unpaired) electrons. The molecular formula is C16H20O2. The lowest BCUT2D eigenvalue weighted by atomic mass is 9.79. The van der Waals surface area contributed by atoms with Crippen molar-refractivity contribution in [3.8, 4) is 0 Å². The molecule has 1 N–H and O–H groups in total. The summed E-state index contributed by atoms with van der Waals surface area (Å²) in [5.74, 6) is 0.302. The highest BCUT2D eigenvalue weighted by Crippen LogP contribution is 2.35. The van der Waals surface area contributed by atoms with Crippen LogP contribution in [0.15, 0.2) is 24.3 Å². The van der Waals surface area contributed by atoms with Crippen LogP contribution in [0.3, 0.4) is 0 Å². The SMILES string of the molecule is O=C1c2ccccc2C[C@@H]1[C@@H](O)C1CCCCC1. The quantitative estimate of drug-likeness (QED) is 0.868. The zero-order valence-corrected chi connectivity index (χ0v) is 10.6. The van der Waals surface area contributed by atoms with E-state index in [1.807, 2.05) is 24.3 Å². The summed E-state index contributed by atoms with van der Waals surface area (Å²) in [6.45, 7) is 0. The summed E-state index contributed by atoms with van der Waals surface area (Å²) in [5, 5.41) is 10.5. The molecule has 1 aromatic rings. The minimum Gasteiger partial charge on any atom is -0.392 e. The Balaban J connectivity index is 1.77. The van der Waals surface area contributed by atoms with Crippen LogP contribution >= 0.6 is 0 Å². The fraction of sp³-hybridized carbons (Fsp3) is 0.562. The van der Waals surface area contributed by atoms with Crippen LogP contribution in [0.4, 0.5) is 0 Å². The zero-order chi connectivity index (χ0) is 12.5. The Bertz CT molecular complexity index is 446. The van der Waals surface area contributed by atoms with Gasteiger partial charge in [0.05, 0.1) is 12.0 Å². The largest absolute Gasteiger partial charge is 0.392 e. The van der Waals surface area contributed by atoms with Gasteiger partial charge in [-0.15, -0.1) is 0 Å². The third-order valence-electron chi connectivity index (χ3n) is 4.60. The highest BCUT2D eigenvalue weighted by molar-refractivity contribution is 6.02. The average Bonchev–Trinajstić information content (AvgIpc) is 2.77. The van der Waals surface area contributed by atoms with E-state index in [1.54, 1.807) is 0 Å². The van der Waals surface area contributed by atoms with Crippen molar-refractivity contribution < 1.29 is 9.90 Å². The Kier molecular flexibility index (Phi) is 3.21. The maximum Gasteiger partial charge on any atom is 0.169 e. The maximum absolute atomic E-state index is 12.3. The molecule has 0 aromatic heterocycles. The molecule has 2 nitrogen and oxygen atoms in total. The Morgan fingerprint density at radius 1 is 1.11 bits per heavy atom. The van der Waals surface area contributed by atoms with Crippen molar-refractivity contribution in [2.45, 2.75) is 44.6 Å². The molecule has 2 heteroatoms. The van der Waals surface area contributed by atoms with Crippen molar-refractivity contribution in [3.63, 3.8) is 0 Å². The molecule has 0 aliphatic heterocycles. The van der Waals surface area contributed by atoms with Gasteiger partial charge in [-0.3, -0.25) is 4.79 Å². The van der Waals surface area contributed by atoms with Gasteiger partial charge in [-0.25, -0.2) is 0 Å². The molecule has 0 saturated heterocycles. The highest BCUT2D eigenvalue weighted by Gasteiger charge is 2.38. The number of rotatable bonds is 2. The van der Waals surface area contributed by atoms with E-state index in [-0.39, 0.29) is 11.7 Å². The normalized spacial score (nSPS) is 26.1. The van der Waals surface area contributed by atoms with Crippen molar-refractivity contribution in [1.82, 2.24) is 0 Å². The van der Waals surface area contributed by atoms with Crippen molar-refractivity contribution >= 4 is 5.78 Å². The number of benzene rings is 1. The first kappa shape index (κ1) is 11.9. The first-order valence-electron chi connectivity index (χ1n) is 7.07. The van der Waals surface area contributed by atoms with E-state index in [1.165, 1.54) is 19.3 Å². The van der Waals surface area contributed by atoms with Gasteiger partial charge in [0.25, 0.3) is 0 Å². The topological polar surface area (TPSA) is 37.3 Å². The van der Waals surface area contributed by atoms with Crippen LogP contribution in [0.1, 0.15) is 48.0 Å². The molecular weight excluding hydrogens is 224 g/mol. The molecule has 2 aliphatic rings. The zero-order valence-electron chi connectivity index (χ0n) is 10.6. The molecule has 1 fully saturated rings. The summed E-state index contributed by atoms with van der Waals surface area (Å²) < 4.78 is 0. The van der Waals surface area contributed by atoms with E-state index in [2.05, 4.69) is 0 Å².